The van der Waals surface area contributed by atoms with Crippen LogP contribution in [-0.4, -0.2) is 51.4 Å². The number of sulfonamides is 1. The summed E-state index contributed by atoms with van der Waals surface area (Å²) < 4.78 is 26.8. The van der Waals surface area contributed by atoms with Crippen molar-refractivity contribution in [2.45, 2.75) is 38.5 Å². The van der Waals surface area contributed by atoms with Crippen LogP contribution in [-0.2, 0) is 14.8 Å². The molecular weight excluding hydrogens is 374 g/mol. The molecule has 8 heteroatoms. The lowest BCUT2D eigenvalue weighted by Gasteiger charge is -2.27. The third-order valence-corrected chi connectivity index (χ3v) is 7.34. The molecule has 1 amide bonds. The molecule has 0 aromatic heterocycles. The Morgan fingerprint density at radius 1 is 1.35 bits per heavy atom. The number of rotatable bonds is 7. The predicted molar refractivity (Wildman–Crippen MR) is 104 cm³/mol. The maximum atomic E-state index is 12.7. The first kappa shape index (κ1) is 21.2. The molecule has 2 N–H and O–H groups in total. The van der Waals surface area contributed by atoms with Gasteiger partial charge in [-0.05, 0) is 31.0 Å². The highest BCUT2D eigenvalue weighted by Crippen LogP contribution is 2.27. The molecule has 146 valence electrons. The van der Waals surface area contributed by atoms with Gasteiger partial charge in [0.1, 0.15) is 4.90 Å². The smallest absolute Gasteiger partial charge is 0.279 e. The molecule has 0 aliphatic carbocycles. The van der Waals surface area contributed by atoms with E-state index in [9.17, 15) is 13.2 Å². The van der Waals surface area contributed by atoms with Crippen molar-refractivity contribution in [3.05, 3.63) is 23.2 Å². The molecule has 0 spiro atoms. The molecule has 6 nitrogen and oxygen atoms in total. The maximum absolute atomic E-state index is 12.7. The fourth-order valence-electron chi connectivity index (χ4n) is 3.47. The van der Waals surface area contributed by atoms with Gasteiger partial charge in [-0.1, -0.05) is 32.4 Å². The van der Waals surface area contributed by atoms with Crippen LogP contribution in [0.1, 0.15) is 33.6 Å². The van der Waals surface area contributed by atoms with Gasteiger partial charge in [0.15, 0.2) is 6.54 Å². The minimum atomic E-state index is -3.68. The lowest BCUT2D eigenvalue weighted by molar-refractivity contribution is -0.900. The number of quaternary nitrogens is 1. The fourth-order valence-corrected chi connectivity index (χ4v) is 5.43. The zero-order chi connectivity index (χ0) is 19.3. The number of carbonyl (C=O) groups excluding carboxylic acids is 1. The van der Waals surface area contributed by atoms with Crippen LogP contribution in [0.25, 0.3) is 0 Å². The van der Waals surface area contributed by atoms with Crippen molar-refractivity contribution in [3.63, 3.8) is 0 Å². The Morgan fingerprint density at radius 2 is 2.04 bits per heavy atom. The van der Waals surface area contributed by atoms with Gasteiger partial charge in [-0.3, -0.25) is 4.79 Å². The monoisotopic (exact) mass is 402 g/mol. The number of anilines is 1. The van der Waals surface area contributed by atoms with Crippen LogP contribution in [0, 0.1) is 5.92 Å². The highest BCUT2D eigenvalue weighted by molar-refractivity contribution is 7.89. The highest BCUT2D eigenvalue weighted by atomic mass is 35.5. The van der Waals surface area contributed by atoms with E-state index in [0.29, 0.717) is 31.2 Å². The number of nitrogens with one attached hydrogen (secondary N) is 2. The zero-order valence-electron chi connectivity index (χ0n) is 15.7. The lowest BCUT2D eigenvalue weighted by Crippen LogP contribution is -3.14. The number of nitrogens with zero attached hydrogens (tertiary/aromatic N) is 1. The average molecular weight is 403 g/mol. The van der Waals surface area contributed by atoms with Gasteiger partial charge >= 0.3 is 0 Å². The van der Waals surface area contributed by atoms with E-state index < -0.39 is 10.0 Å². The van der Waals surface area contributed by atoms with Crippen molar-refractivity contribution in [1.82, 2.24) is 4.31 Å². The summed E-state index contributed by atoms with van der Waals surface area (Å²) in [5.41, 5.74) is 0.453. The minimum Gasteiger partial charge on any atom is -0.327 e. The summed E-state index contributed by atoms with van der Waals surface area (Å²) >= 11 is 6.12. The van der Waals surface area contributed by atoms with Crippen LogP contribution in [0.3, 0.4) is 0 Å². The molecule has 1 saturated heterocycles. The first-order chi connectivity index (χ1) is 12.3. The van der Waals surface area contributed by atoms with Crippen molar-refractivity contribution < 1.29 is 18.1 Å². The van der Waals surface area contributed by atoms with Gasteiger partial charge in [-0.25, -0.2) is 8.42 Å². The van der Waals surface area contributed by atoms with Gasteiger partial charge in [0.25, 0.3) is 5.91 Å². The van der Waals surface area contributed by atoms with Gasteiger partial charge in [-0.2, -0.15) is 4.31 Å². The molecule has 26 heavy (non-hydrogen) atoms. The normalized spacial score (nSPS) is 21.0. The van der Waals surface area contributed by atoms with E-state index in [0.717, 1.165) is 19.5 Å². The molecule has 2 atom stereocenters. The van der Waals surface area contributed by atoms with E-state index in [1.807, 2.05) is 0 Å². The Morgan fingerprint density at radius 3 is 2.65 bits per heavy atom. The van der Waals surface area contributed by atoms with Crippen LogP contribution in [0.2, 0.25) is 5.02 Å². The summed E-state index contributed by atoms with van der Waals surface area (Å²) in [4.78, 5) is 13.7. The second-order valence-electron chi connectivity index (χ2n) is 6.91. The highest BCUT2D eigenvalue weighted by Gasteiger charge is 2.26. The predicted octanol–water partition coefficient (Wildman–Crippen LogP) is 1.62. The molecule has 0 saturated carbocycles. The Hall–Kier alpha value is -1.15. The second kappa shape index (κ2) is 9.17. The molecule has 1 fully saturated rings. The quantitative estimate of drug-likeness (QED) is 0.728. The molecule has 1 aromatic rings. The summed E-state index contributed by atoms with van der Waals surface area (Å²) in [6, 6.07) is 4.60. The van der Waals surface area contributed by atoms with Crippen molar-refractivity contribution in [1.29, 1.82) is 0 Å². The summed E-state index contributed by atoms with van der Waals surface area (Å²) in [5.74, 6) is 0.524. The summed E-state index contributed by atoms with van der Waals surface area (Å²) in [7, 11) is -3.68. The number of hydrogen-bond acceptors (Lipinski definition) is 3. The molecule has 0 bridgehead atoms. The van der Waals surface area contributed by atoms with Crippen molar-refractivity contribution in [3.8, 4) is 0 Å². The Bertz CT molecular complexity index is 735. The Labute approximate surface area is 161 Å². The summed E-state index contributed by atoms with van der Waals surface area (Å²) in [5, 5.41) is 2.98. The average Bonchev–Trinajstić information content (AvgIpc) is 2.57. The number of benzene rings is 1. The lowest BCUT2D eigenvalue weighted by atomic mass is 10.0. The molecule has 1 aliphatic rings. The van der Waals surface area contributed by atoms with Crippen LogP contribution >= 0.6 is 11.6 Å². The van der Waals surface area contributed by atoms with Gasteiger partial charge in [0, 0.05) is 24.7 Å². The van der Waals surface area contributed by atoms with Gasteiger partial charge in [0.05, 0.1) is 18.1 Å². The Kier molecular flexibility index (Phi) is 7.46. The topological polar surface area (TPSA) is 70.9 Å². The molecular formula is C18H29ClN3O3S+. The number of piperidine rings is 1. The third-order valence-electron chi connectivity index (χ3n) is 4.81. The first-order valence-corrected chi connectivity index (χ1v) is 11.0. The standard InChI is InChI=1S/C18H28ClN3O3S/c1-4-22(5-2)26(24,25)17-11-15(8-9-16(17)19)20-18(23)13-21-10-6-7-14(3)12-21/h8-9,11,14H,4-7,10,12-13H2,1-3H3,(H,20,23)/p+1/t14-/m0/s1. The van der Waals surface area contributed by atoms with E-state index in [4.69, 9.17) is 11.6 Å². The van der Waals surface area contributed by atoms with Crippen molar-refractivity contribution >= 4 is 33.2 Å². The minimum absolute atomic E-state index is 0.0274. The zero-order valence-corrected chi connectivity index (χ0v) is 17.3. The van der Waals surface area contributed by atoms with E-state index in [2.05, 4.69) is 12.2 Å². The molecule has 1 unspecified atom stereocenters. The number of carbonyl (C=O) groups is 1. The van der Waals surface area contributed by atoms with E-state index >= 15 is 0 Å². The molecule has 1 aliphatic heterocycles. The van der Waals surface area contributed by atoms with Crippen LogP contribution in [0.15, 0.2) is 23.1 Å². The number of halogens is 1. The number of amides is 1. The SMILES string of the molecule is CCN(CC)S(=O)(=O)c1cc(NC(=O)C[NH+]2CCC[C@H](C)C2)ccc1Cl. The molecule has 0 radical (unpaired) electrons. The fraction of sp³-hybridized carbons (Fsp3) is 0.611. The third kappa shape index (κ3) is 5.19. The van der Waals surface area contributed by atoms with Crippen molar-refractivity contribution in [2.75, 3.05) is 38.0 Å². The van der Waals surface area contributed by atoms with E-state index in [1.54, 1.807) is 19.9 Å². The van der Waals surface area contributed by atoms with Gasteiger partial charge < -0.3 is 10.2 Å². The molecule has 2 rings (SSSR count). The van der Waals surface area contributed by atoms with Crippen LogP contribution in [0.5, 0.6) is 0 Å². The van der Waals surface area contributed by atoms with Gasteiger partial charge in [0.2, 0.25) is 10.0 Å². The maximum Gasteiger partial charge on any atom is 0.279 e. The number of hydrogen-bond donors (Lipinski definition) is 2. The first-order valence-electron chi connectivity index (χ1n) is 9.21. The molecule has 1 aromatic carbocycles. The van der Waals surface area contributed by atoms with Crippen molar-refractivity contribution in [2.24, 2.45) is 5.92 Å². The summed E-state index contributed by atoms with van der Waals surface area (Å²) in [6.07, 6.45) is 2.35. The van der Waals surface area contributed by atoms with Crippen LogP contribution < -0.4 is 10.2 Å². The number of likely N-dealkylation sites (tertiary alicyclic amines) is 1. The van der Waals surface area contributed by atoms with Crippen LogP contribution in [0.4, 0.5) is 5.69 Å². The summed E-state index contributed by atoms with van der Waals surface area (Å²) in [6.45, 7) is 8.89. The van der Waals surface area contributed by atoms with Gasteiger partial charge in [-0.15, -0.1) is 0 Å². The Balaban J connectivity index is 2.12. The largest absolute Gasteiger partial charge is 0.327 e. The molecule has 1 heterocycles. The van der Waals surface area contributed by atoms with E-state index in [1.165, 1.54) is 27.8 Å². The van der Waals surface area contributed by atoms with E-state index in [-0.39, 0.29) is 15.8 Å². The second-order valence-corrected chi connectivity index (χ2v) is 9.22.